The van der Waals surface area contributed by atoms with Gasteiger partial charge in [0.25, 0.3) is 0 Å². The minimum atomic E-state index is -0.476. The molecular weight excluding hydrogens is 260 g/mol. The van der Waals surface area contributed by atoms with Gasteiger partial charge in [-0.3, -0.25) is 15.1 Å². The molecule has 0 fully saturated rings. The zero-order chi connectivity index (χ0) is 14.4. The molecule has 0 radical (unpaired) electrons. The summed E-state index contributed by atoms with van der Waals surface area (Å²) in [6.07, 6.45) is 2.71. The molecule has 0 saturated carbocycles. The fourth-order valence-corrected chi connectivity index (χ4v) is 1.60. The van der Waals surface area contributed by atoms with Crippen LogP contribution < -0.4 is 15.8 Å². The van der Waals surface area contributed by atoms with Gasteiger partial charge in [-0.25, -0.2) is 0 Å². The number of rotatable bonds is 6. The molecule has 3 N–H and O–H groups in total. The molecule has 7 nitrogen and oxygen atoms in total. The van der Waals surface area contributed by atoms with Crippen LogP contribution in [0.5, 0.6) is 5.75 Å². The molecule has 0 bridgehead atoms. The Balaban J connectivity index is 1.84. The van der Waals surface area contributed by atoms with Crippen molar-refractivity contribution in [1.82, 2.24) is 4.98 Å². The normalized spacial score (nSPS) is 10.0. The van der Waals surface area contributed by atoms with E-state index in [2.05, 4.69) is 10.3 Å². The second-order valence-corrected chi connectivity index (χ2v) is 3.99. The Kier molecular flexibility index (Phi) is 4.33. The number of hydrogen-bond acceptors (Lipinski definition) is 6. The highest BCUT2D eigenvalue weighted by molar-refractivity contribution is 5.59. The number of nitrogen functional groups attached to an aromatic ring is 1. The maximum Gasteiger partial charge on any atom is 0.310 e. The third-order valence-electron chi connectivity index (χ3n) is 2.56. The predicted molar refractivity (Wildman–Crippen MR) is 75.7 cm³/mol. The minimum absolute atomic E-state index is 0.0556. The van der Waals surface area contributed by atoms with E-state index < -0.39 is 4.92 Å². The molecule has 2 aromatic rings. The topological polar surface area (TPSA) is 103 Å². The first kappa shape index (κ1) is 13.6. The predicted octanol–water partition coefficient (Wildman–Crippen LogP) is 2.06. The summed E-state index contributed by atoms with van der Waals surface area (Å²) in [6.45, 7) is 0.818. The first-order valence-electron chi connectivity index (χ1n) is 5.97. The van der Waals surface area contributed by atoms with E-state index in [4.69, 9.17) is 10.5 Å². The van der Waals surface area contributed by atoms with E-state index in [0.717, 1.165) is 0 Å². The van der Waals surface area contributed by atoms with Crippen LogP contribution in [0, 0.1) is 10.1 Å². The highest BCUT2D eigenvalue weighted by Crippen LogP contribution is 2.21. The third kappa shape index (κ3) is 3.58. The molecule has 2 rings (SSSR count). The van der Waals surface area contributed by atoms with Crippen LogP contribution in [0.25, 0.3) is 0 Å². The average molecular weight is 274 g/mol. The van der Waals surface area contributed by atoms with Gasteiger partial charge < -0.3 is 15.8 Å². The van der Waals surface area contributed by atoms with Crippen LogP contribution in [0.4, 0.5) is 17.1 Å². The first-order valence-corrected chi connectivity index (χ1v) is 5.97. The van der Waals surface area contributed by atoms with Crippen molar-refractivity contribution in [3.8, 4) is 5.75 Å². The van der Waals surface area contributed by atoms with E-state index in [1.807, 2.05) is 0 Å². The molecular formula is C13H14N4O3. The fourth-order valence-electron chi connectivity index (χ4n) is 1.60. The molecule has 0 amide bonds. The largest absolute Gasteiger partial charge is 0.492 e. The van der Waals surface area contributed by atoms with Crippen molar-refractivity contribution in [2.45, 2.75) is 0 Å². The number of hydrogen-bond donors (Lipinski definition) is 2. The molecule has 0 atom stereocenters. The van der Waals surface area contributed by atoms with Crippen molar-refractivity contribution in [3.05, 3.63) is 52.8 Å². The number of nitro groups is 1. The fraction of sp³-hybridized carbons (Fsp3) is 0.154. The second kappa shape index (κ2) is 6.37. The van der Waals surface area contributed by atoms with Gasteiger partial charge in [0, 0.05) is 18.4 Å². The van der Waals surface area contributed by atoms with Crippen LogP contribution in [-0.2, 0) is 0 Å². The van der Waals surface area contributed by atoms with Crippen molar-refractivity contribution >= 4 is 17.1 Å². The van der Waals surface area contributed by atoms with Gasteiger partial charge in [-0.05, 0) is 30.3 Å². The maximum atomic E-state index is 10.8. The van der Waals surface area contributed by atoms with Crippen LogP contribution in [0.15, 0.2) is 42.7 Å². The number of pyridine rings is 1. The van der Waals surface area contributed by atoms with Crippen LogP contribution in [0.3, 0.4) is 0 Å². The summed E-state index contributed by atoms with van der Waals surface area (Å²) in [5.74, 6) is 0.699. The monoisotopic (exact) mass is 274 g/mol. The SMILES string of the molecule is Nc1ccc(OCCNc2ccncc2[N+](=O)[O-])cc1. The highest BCUT2D eigenvalue weighted by Gasteiger charge is 2.12. The summed E-state index contributed by atoms with van der Waals surface area (Å²) < 4.78 is 5.48. The molecule has 0 aliphatic rings. The Morgan fingerprint density at radius 1 is 1.30 bits per heavy atom. The number of nitrogens with zero attached hydrogens (tertiary/aromatic N) is 2. The molecule has 0 aliphatic carbocycles. The van der Waals surface area contributed by atoms with Gasteiger partial charge in [0.15, 0.2) is 0 Å². The molecule has 0 unspecified atom stereocenters. The van der Waals surface area contributed by atoms with Gasteiger partial charge in [0.05, 0.1) is 4.92 Å². The van der Waals surface area contributed by atoms with E-state index in [-0.39, 0.29) is 5.69 Å². The Bertz CT molecular complexity index is 586. The lowest BCUT2D eigenvalue weighted by atomic mass is 10.3. The number of nitrogens with two attached hydrogens (primary N) is 1. The highest BCUT2D eigenvalue weighted by atomic mass is 16.6. The first-order chi connectivity index (χ1) is 9.66. The third-order valence-corrected chi connectivity index (χ3v) is 2.56. The van der Waals surface area contributed by atoms with Crippen molar-refractivity contribution in [3.63, 3.8) is 0 Å². The van der Waals surface area contributed by atoms with Crippen LogP contribution in [0.2, 0.25) is 0 Å². The molecule has 104 valence electrons. The summed E-state index contributed by atoms with van der Waals surface area (Å²) in [5, 5.41) is 13.7. The van der Waals surface area contributed by atoms with Crippen LogP contribution >= 0.6 is 0 Å². The van der Waals surface area contributed by atoms with Gasteiger partial charge in [-0.2, -0.15) is 0 Å². The summed E-state index contributed by atoms with van der Waals surface area (Å²) in [4.78, 5) is 14.0. The molecule has 1 heterocycles. The van der Waals surface area contributed by atoms with E-state index in [1.165, 1.54) is 12.4 Å². The van der Waals surface area contributed by atoms with Crippen molar-refractivity contribution in [2.24, 2.45) is 0 Å². The lowest BCUT2D eigenvalue weighted by Crippen LogP contribution is -2.12. The number of anilines is 2. The van der Waals surface area contributed by atoms with Gasteiger partial charge in [0.1, 0.15) is 24.2 Å². The van der Waals surface area contributed by atoms with Crippen molar-refractivity contribution < 1.29 is 9.66 Å². The Hall–Kier alpha value is -2.83. The van der Waals surface area contributed by atoms with Crippen molar-refractivity contribution in [2.75, 3.05) is 24.2 Å². The zero-order valence-corrected chi connectivity index (χ0v) is 10.7. The molecule has 7 heteroatoms. The number of benzene rings is 1. The van der Waals surface area contributed by atoms with Crippen LogP contribution in [-0.4, -0.2) is 23.1 Å². The molecule has 0 aliphatic heterocycles. The summed E-state index contributed by atoms with van der Waals surface area (Å²) in [5.41, 5.74) is 6.60. The average Bonchev–Trinajstić information content (AvgIpc) is 2.46. The summed E-state index contributed by atoms with van der Waals surface area (Å²) >= 11 is 0. The van der Waals surface area contributed by atoms with Crippen LogP contribution in [0.1, 0.15) is 0 Å². The van der Waals surface area contributed by atoms with E-state index in [9.17, 15) is 10.1 Å². The lowest BCUT2D eigenvalue weighted by Gasteiger charge is -2.08. The van der Waals surface area contributed by atoms with Crippen molar-refractivity contribution in [1.29, 1.82) is 0 Å². The van der Waals surface area contributed by atoms with Gasteiger partial charge in [-0.15, -0.1) is 0 Å². The quantitative estimate of drug-likeness (QED) is 0.361. The van der Waals surface area contributed by atoms with Gasteiger partial charge in [-0.1, -0.05) is 0 Å². The second-order valence-electron chi connectivity index (χ2n) is 3.99. The number of ether oxygens (including phenoxy) is 1. The van der Waals surface area contributed by atoms with Gasteiger partial charge >= 0.3 is 5.69 Å². The summed E-state index contributed by atoms with van der Waals surface area (Å²) in [6, 6.07) is 8.59. The van der Waals surface area contributed by atoms with E-state index in [1.54, 1.807) is 30.3 Å². The molecule has 20 heavy (non-hydrogen) atoms. The zero-order valence-electron chi connectivity index (χ0n) is 10.7. The smallest absolute Gasteiger partial charge is 0.310 e. The Morgan fingerprint density at radius 3 is 2.75 bits per heavy atom. The van der Waals surface area contributed by atoms with E-state index >= 15 is 0 Å². The summed E-state index contributed by atoms with van der Waals surface area (Å²) in [7, 11) is 0. The maximum absolute atomic E-state index is 10.8. The number of aromatic nitrogens is 1. The molecule has 1 aromatic heterocycles. The lowest BCUT2D eigenvalue weighted by molar-refractivity contribution is -0.384. The number of nitrogens with one attached hydrogen (secondary N) is 1. The molecule has 1 aromatic carbocycles. The Morgan fingerprint density at radius 2 is 2.05 bits per heavy atom. The van der Waals surface area contributed by atoms with E-state index in [0.29, 0.717) is 30.3 Å². The minimum Gasteiger partial charge on any atom is -0.492 e. The standard InChI is InChI=1S/C13H14N4O3/c14-10-1-3-11(4-2-10)20-8-7-16-12-5-6-15-9-13(12)17(18)19/h1-6,9H,7-8,14H2,(H,15,16). The molecule has 0 saturated heterocycles. The van der Waals surface area contributed by atoms with Gasteiger partial charge in [0.2, 0.25) is 0 Å². The Labute approximate surface area is 115 Å². The molecule has 0 spiro atoms.